The first-order valence-corrected chi connectivity index (χ1v) is 10.1. The van der Waals surface area contributed by atoms with Gasteiger partial charge in [-0.2, -0.15) is 0 Å². The van der Waals surface area contributed by atoms with Gasteiger partial charge in [0.1, 0.15) is 5.75 Å². The molecular formula is C21H32N2O3. The largest absolute Gasteiger partial charge is 0.508 e. The van der Waals surface area contributed by atoms with Gasteiger partial charge >= 0.3 is 6.03 Å². The first-order chi connectivity index (χ1) is 12.7. The maximum absolute atomic E-state index is 12.2. The van der Waals surface area contributed by atoms with Gasteiger partial charge in [0.15, 0.2) is 0 Å². The Morgan fingerprint density at radius 1 is 1.12 bits per heavy atom. The lowest BCUT2D eigenvalue weighted by Crippen LogP contribution is -2.44. The fourth-order valence-electron chi connectivity index (χ4n) is 3.47. The van der Waals surface area contributed by atoms with Crippen LogP contribution in [0.25, 0.3) is 0 Å². The fourth-order valence-corrected chi connectivity index (χ4v) is 3.47. The van der Waals surface area contributed by atoms with Crippen LogP contribution in [-0.2, 0) is 11.2 Å². The Kier molecular flexibility index (Phi) is 7.18. The molecule has 3 rings (SSSR count). The number of nitrogens with zero attached hydrogens (tertiary/aromatic N) is 1. The van der Waals surface area contributed by atoms with Gasteiger partial charge < -0.3 is 20.1 Å². The maximum Gasteiger partial charge on any atom is 0.317 e. The van der Waals surface area contributed by atoms with E-state index in [1.54, 1.807) is 12.1 Å². The molecule has 0 atom stereocenters. The molecule has 0 bridgehead atoms. The van der Waals surface area contributed by atoms with Crippen LogP contribution in [0.3, 0.4) is 0 Å². The summed E-state index contributed by atoms with van der Waals surface area (Å²) in [6.07, 6.45) is 7.88. The summed E-state index contributed by atoms with van der Waals surface area (Å²) in [6, 6.07) is 7.56. The van der Waals surface area contributed by atoms with Crippen molar-refractivity contribution >= 4 is 6.03 Å². The van der Waals surface area contributed by atoms with Crippen LogP contribution in [0.5, 0.6) is 5.75 Å². The molecule has 0 radical (unpaired) electrons. The number of ether oxygens (including phenoxy) is 1. The molecule has 2 fully saturated rings. The van der Waals surface area contributed by atoms with E-state index in [-0.39, 0.29) is 6.03 Å². The summed E-state index contributed by atoms with van der Waals surface area (Å²) in [7, 11) is 0. The molecule has 1 aromatic rings. The molecule has 1 saturated carbocycles. The van der Waals surface area contributed by atoms with Gasteiger partial charge in [-0.25, -0.2) is 4.79 Å². The van der Waals surface area contributed by atoms with Gasteiger partial charge in [0.2, 0.25) is 0 Å². The van der Waals surface area contributed by atoms with Crippen molar-refractivity contribution in [3.05, 3.63) is 29.8 Å². The van der Waals surface area contributed by atoms with Crippen LogP contribution in [0, 0.1) is 11.8 Å². The van der Waals surface area contributed by atoms with Crippen molar-refractivity contribution in [2.45, 2.75) is 44.9 Å². The van der Waals surface area contributed by atoms with Crippen LogP contribution in [0.4, 0.5) is 4.79 Å². The third kappa shape index (κ3) is 6.52. The predicted octanol–water partition coefficient (Wildman–Crippen LogP) is 3.56. The van der Waals surface area contributed by atoms with Crippen LogP contribution in [0.1, 0.15) is 44.1 Å². The number of aryl methyl sites for hydroxylation is 1. The number of likely N-dealkylation sites (tertiary alicyclic amines) is 1. The molecule has 26 heavy (non-hydrogen) atoms. The normalized spacial score (nSPS) is 18.1. The lowest BCUT2D eigenvalue weighted by atomic mass is 9.90. The lowest BCUT2D eigenvalue weighted by Gasteiger charge is -2.32. The number of carbonyl (C=O) groups is 1. The molecule has 0 spiro atoms. The number of nitrogens with one attached hydrogen (secondary N) is 1. The Bertz CT molecular complexity index is 549. The quantitative estimate of drug-likeness (QED) is 0.662. The van der Waals surface area contributed by atoms with Crippen LogP contribution >= 0.6 is 0 Å². The first kappa shape index (κ1) is 19.0. The molecular weight excluding hydrogens is 328 g/mol. The molecule has 1 aromatic carbocycles. The fraction of sp³-hybridized carbons (Fsp3) is 0.667. The second-order valence-corrected chi connectivity index (χ2v) is 7.74. The number of urea groups is 1. The molecule has 0 aromatic heterocycles. The molecule has 1 heterocycles. The second kappa shape index (κ2) is 9.81. The summed E-state index contributed by atoms with van der Waals surface area (Å²) < 4.78 is 5.59. The summed E-state index contributed by atoms with van der Waals surface area (Å²) >= 11 is 0. The number of piperidine rings is 1. The lowest BCUT2D eigenvalue weighted by molar-refractivity contribution is 0.121. The zero-order valence-electron chi connectivity index (χ0n) is 15.7. The van der Waals surface area contributed by atoms with E-state index < -0.39 is 0 Å². The molecule has 2 aliphatic rings. The summed E-state index contributed by atoms with van der Waals surface area (Å²) in [5.41, 5.74) is 1.27. The minimum absolute atomic E-state index is 0.0733. The molecule has 0 unspecified atom stereocenters. The Morgan fingerprint density at radius 2 is 1.85 bits per heavy atom. The average molecular weight is 360 g/mol. The Morgan fingerprint density at radius 3 is 2.54 bits per heavy atom. The highest BCUT2D eigenvalue weighted by Crippen LogP contribution is 2.28. The van der Waals surface area contributed by atoms with Crippen LogP contribution in [0.15, 0.2) is 24.3 Å². The van der Waals surface area contributed by atoms with E-state index in [9.17, 15) is 9.90 Å². The standard InChI is InChI=1S/C21H32N2O3/c24-20-8-6-17(7-9-20)2-3-18-10-13-23(14-11-18)21(25)22-12-1-15-26-16-19-4-5-19/h6-9,18-19,24H,1-5,10-16H2,(H,22,25). The van der Waals surface area contributed by atoms with Gasteiger partial charge in [0.25, 0.3) is 0 Å². The van der Waals surface area contributed by atoms with Gasteiger partial charge in [-0.3, -0.25) is 0 Å². The minimum Gasteiger partial charge on any atom is -0.508 e. The summed E-state index contributed by atoms with van der Waals surface area (Å²) in [4.78, 5) is 14.2. The number of carbonyl (C=O) groups excluding carboxylic acids is 1. The Balaban J connectivity index is 1.24. The van der Waals surface area contributed by atoms with Crippen molar-refractivity contribution < 1.29 is 14.6 Å². The SMILES string of the molecule is O=C(NCCCOCC1CC1)N1CCC(CCc2ccc(O)cc2)CC1. The van der Waals surface area contributed by atoms with Crippen molar-refractivity contribution in [1.82, 2.24) is 10.2 Å². The first-order valence-electron chi connectivity index (χ1n) is 10.1. The van der Waals surface area contributed by atoms with Crippen molar-refractivity contribution in [3.63, 3.8) is 0 Å². The number of amides is 2. The number of rotatable bonds is 9. The third-order valence-corrected chi connectivity index (χ3v) is 5.47. The van der Waals surface area contributed by atoms with Crippen LogP contribution in [-0.4, -0.2) is 48.9 Å². The summed E-state index contributed by atoms with van der Waals surface area (Å²) in [6.45, 7) is 4.04. The molecule has 2 N–H and O–H groups in total. The summed E-state index contributed by atoms with van der Waals surface area (Å²) in [5.74, 6) is 1.81. The smallest absolute Gasteiger partial charge is 0.317 e. The van der Waals surface area contributed by atoms with Gasteiger partial charge in [-0.05, 0) is 74.5 Å². The number of hydrogen-bond acceptors (Lipinski definition) is 3. The van der Waals surface area contributed by atoms with Crippen LogP contribution < -0.4 is 5.32 Å². The van der Waals surface area contributed by atoms with Gasteiger partial charge in [-0.1, -0.05) is 12.1 Å². The highest BCUT2D eigenvalue weighted by Gasteiger charge is 2.23. The molecule has 1 aliphatic heterocycles. The highest BCUT2D eigenvalue weighted by molar-refractivity contribution is 5.74. The maximum atomic E-state index is 12.2. The average Bonchev–Trinajstić information content (AvgIpc) is 3.49. The molecule has 2 amide bonds. The van der Waals surface area contributed by atoms with Crippen molar-refractivity contribution in [2.75, 3.05) is 32.8 Å². The number of benzene rings is 1. The topological polar surface area (TPSA) is 61.8 Å². The molecule has 1 saturated heterocycles. The third-order valence-electron chi connectivity index (χ3n) is 5.47. The van der Waals surface area contributed by atoms with E-state index in [1.165, 1.54) is 18.4 Å². The molecule has 5 nitrogen and oxygen atoms in total. The molecule has 1 aliphatic carbocycles. The molecule has 144 valence electrons. The van der Waals surface area contributed by atoms with E-state index in [2.05, 4.69) is 5.32 Å². The number of phenolic OH excluding ortho intramolecular Hbond substituents is 1. The van der Waals surface area contributed by atoms with Crippen molar-refractivity contribution in [1.29, 1.82) is 0 Å². The number of phenols is 1. The summed E-state index contributed by atoms with van der Waals surface area (Å²) in [5, 5.41) is 12.4. The minimum atomic E-state index is 0.0733. The van der Waals surface area contributed by atoms with E-state index in [0.717, 1.165) is 64.3 Å². The van der Waals surface area contributed by atoms with E-state index >= 15 is 0 Å². The van der Waals surface area contributed by atoms with E-state index in [4.69, 9.17) is 4.74 Å². The van der Waals surface area contributed by atoms with Gasteiger partial charge in [0, 0.05) is 32.8 Å². The Hall–Kier alpha value is -1.75. The van der Waals surface area contributed by atoms with E-state index in [1.807, 2.05) is 17.0 Å². The van der Waals surface area contributed by atoms with Gasteiger partial charge in [-0.15, -0.1) is 0 Å². The Labute approximate surface area is 156 Å². The van der Waals surface area contributed by atoms with E-state index in [0.29, 0.717) is 18.2 Å². The zero-order chi connectivity index (χ0) is 18.2. The van der Waals surface area contributed by atoms with Crippen molar-refractivity contribution in [2.24, 2.45) is 11.8 Å². The molecule has 5 heteroatoms. The van der Waals surface area contributed by atoms with Gasteiger partial charge in [0.05, 0.1) is 0 Å². The second-order valence-electron chi connectivity index (χ2n) is 7.74. The van der Waals surface area contributed by atoms with Crippen molar-refractivity contribution in [3.8, 4) is 5.75 Å². The van der Waals surface area contributed by atoms with Crippen LogP contribution in [0.2, 0.25) is 0 Å². The highest BCUT2D eigenvalue weighted by atomic mass is 16.5. The number of hydrogen-bond donors (Lipinski definition) is 2. The zero-order valence-corrected chi connectivity index (χ0v) is 15.7. The predicted molar refractivity (Wildman–Crippen MR) is 102 cm³/mol. The number of aromatic hydroxyl groups is 1. The monoisotopic (exact) mass is 360 g/mol.